The zero-order valence-corrected chi connectivity index (χ0v) is 18.4. The second-order valence-corrected chi connectivity index (χ2v) is 8.24. The van der Waals surface area contributed by atoms with Crippen molar-refractivity contribution in [2.45, 2.75) is 45.1 Å². The molecule has 0 aromatic heterocycles. The maximum atomic E-state index is 13.0. The molecule has 0 bridgehead atoms. The SMILES string of the molecule is CCOc1cc(C=C2C(=O)NC(=O)N(C3CCCCC3)C2=O)c(Br)c(Br)c1O. The van der Waals surface area contributed by atoms with Gasteiger partial charge in [0.25, 0.3) is 11.8 Å². The van der Waals surface area contributed by atoms with Crippen molar-refractivity contribution >= 4 is 55.8 Å². The van der Waals surface area contributed by atoms with E-state index in [2.05, 4.69) is 37.2 Å². The van der Waals surface area contributed by atoms with Crippen molar-refractivity contribution in [3.05, 3.63) is 26.1 Å². The summed E-state index contributed by atoms with van der Waals surface area (Å²) in [4.78, 5) is 38.8. The van der Waals surface area contributed by atoms with E-state index in [0.717, 1.165) is 32.1 Å². The van der Waals surface area contributed by atoms with Crippen LogP contribution in [0.25, 0.3) is 6.08 Å². The van der Waals surface area contributed by atoms with E-state index in [9.17, 15) is 19.5 Å². The third kappa shape index (κ3) is 3.96. The van der Waals surface area contributed by atoms with Gasteiger partial charge in [0.2, 0.25) is 0 Å². The molecule has 1 aliphatic carbocycles. The normalized spacial score (nSPS) is 19.9. The molecule has 2 N–H and O–H groups in total. The molecule has 1 aromatic carbocycles. The lowest BCUT2D eigenvalue weighted by molar-refractivity contribution is -0.132. The fourth-order valence-electron chi connectivity index (χ4n) is 3.48. The summed E-state index contributed by atoms with van der Waals surface area (Å²) in [5, 5.41) is 12.4. The summed E-state index contributed by atoms with van der Waals surface area (Å²) in [5.41, 5.74) is 0.329. The van der Waals surface area contributed by atoms with Crippen LogP contribution in [0, 0.1) is 0 Å². The highest BCUT2D eigenvalue weighted by molar-refractivity contribution is 9.13. The zero-order valence-electron chi connectivity index (χ0n) is 15.3. The van der Waals surface area contributed by atoms with Gasteiger partial charge in [-0.25, -0.2) is 4.79 Å². The highest BCUT2D eigenvalue weighted by atomic mass is 79.9. The van der Waals surface area contributed by atoms with Crippen LogP contribution in [0.3, 0.4) is 0 Å². The number of nitrogens with zero attached hydrogens (tertiary/aromatic N) is 1. The molecule has 1 saturated carbocycles. The number of hydrogen-bond donors (Lipinski definition) is 2. The number of barbiturate groups is 1. The Kier molecular flexibility index (Phi) is 6.44. The summed E-state index contributed by atoms with van der Waals surface area (Å²) in [6.45, 7) is 2.11. The molecule has 2 fully saturated rings. The fourth-order valence-corrected chi connectivity index (χ4v) is 4.32. The van der Waals surface area contributed by atoms with Gasteiger partial charge in [-0.05, 0) is 69.3 Å². The predicted molar refractivity (Wildman–Crippen MR) is 110 cm³/mol. The highest BCUT2D eigenvalue weighted by Gasteiger charge is 2.40. The monoisotopic (exact) mass is 514 g/mol. The average Bonchev–Trinajstić information content (AvgIpc) is 2.67. The smallest absolute Gasteiger partial charge is 0.331 e. The van der Waals surface area contributed by atoms with E-state index >= 15 is 0 Å². The lowest BCUT2D eigenvalue weighted by Crippen LogP contribution is -2.58. The van der Waals surface area contributed by atoms with Crippen LogP contribution in [0.4, 0.5) is 4.79 Å². The first kappa shape index (κ1) is 20.9. The third-order valence-electron chi connectivity index (χ3n) is 4.85. The van der Waals surface area contributed by atoms with E-state index in [1.165, 1.54) is 17.0 Å². The number of nitrogens with one attached hydrogen (secondary N) is 1. The largest absolute Gasteiger partial charge is 0.503 e. The molecular weight excluding hydrogens is 496 g/mol. The van der Waals surface area contributed by atoms with E-state index < -0.39 is 17.8 Å². The van der Waals surface area contributed by atoms with E-state index in [-0.39, 0.29) is 23.1 Å². The van der Waals surface area contributed by atoms with Gasteiger partial charge in [0.05, 0.1) is 11.1 Å². The molecule has 0 radical (unpaired) electrons. The van der Waals surface area contributed by atoms with Crippen LogP contribution in [-0.2, 0) is 9.59 Å². The number of carbonyl (C=O) groups excluding carboxylic acids is 3. The number of benzene rings is 1. The van der Waals surface area contributed by atoms with Crippen LogP contribution >= 0.6 is 31.9 Å². The van der Waals surface area contributed by atoms with E-state index in [1.807, 2.05) is 0 Å². The first-order chi connectivity index (χ1) is 13.3. The Hall–Kier alpha value is -1.87. The number of hydrogen-bond acceptors (Lipinski definition) is 5. The Morgan fingerprint density at radius 2 is 1.89 bits per heavy atom. The number of ether oxygens (including phenoxy) is 1. The Morgan fingerprint density at radius 1 is 1.21 bits per heavy atom. The molecule has 2 aliphatic rings. The third-order valence-corrected chi connectivity index (χ3v) is 7.01. The van der Waals surface area contributed by atoms with Gasteiger partial charge in [-0.15, -0.1) is 0 Å². The lowest BCUT2D eigenvalue weighted by atomic mass is 9.93. The second-order valence-electron chi connectivity index (χ2n) is 6.66. The van der Waals surface area contributed by atoms with Crippen molar-refractivity contribution < 1.29 is 24.2 Å². The standard InChI is InChI=1S/C19H20Br2N2O5/c1-2-28-13-9-10(14(20)15(21)16(13)24)8-12-17(25)22-19(27)23(18(12)26)11-6-4-3-5-7-11/h8-9,11,24H,2-7H2,1H3,(H,22,25,27). The highest BCUT2D eigenvalue weighted by Crippen LogP contribution is 2.42. The number of urea groups is 1. The number of imide groups is 2. The van der Waals surface area contributed by atoms with Gasteiger partial charge in [-0.2, -0.15) is 0 Å². The Morgan fingerprint density at radius 3 is 2.54 bits per heavy atom. The van der Waals surface area contributed by atoms with E-state index in [4.69, 9.17) is 4.74 Å². The van der Waals surface area contributed by atoms with Crippen LogP contribution in [0.1, 0.15) is 44.6 Å². The topological polar surface area (TPSA) is 95.9 Å². The summed E-state index contributed by atoms with van der Waals surface area (Å²) in [7, 11) is 0. The number of aromatic hydroxyl groups is 1. The maximum Gasteiger partial charge on any atom is 0.331 e. The molecule has 3 rings (SSSR count). The Bertz CT molecular complexity index is 862. The Balaban J connectivity index is 2.01. The molecule has 9 heteroatoms. The van der Waals surface area contributed by atoms with Crippen molar-refractivity contribution in [2.75, 3.05) is 6.61 Å². The van der Waals surface area contributed by atoms with Crippen LogP contribution < -0.4 is 10.1 Å². The average molecular weight is 516 g/mol. The van der Waals surface area contributed by atoms with Gasteiger partial charge >= 0.3 is 6.03 Å². The molecule has 1 aromatic rings. The van der Waals surface area contributed by atoms with Gasteiger partial charge in [-0.1, -0.05) is 19.3 Å². The molecule has 1 heterocycles. The second kappa shape index (κ2) is 8.65. The minimum absolute atomic E-state index is 0.0886. The molecule has 4 amide bonds. The number of phenolic OH excluding ortho intramolecular Hbond substituents is 1. The first-order valence-electron chi connectivity index (χ1n) is 9.09. The van der Waals surface area contributed by atoms with Crippen LogP contribution in [0.2, 0.25) is 0 Å². The summed E-state index contributed by atoms with van der Waals surface area (Å²) >= 11 is 6.63. The van der Waals surface area contributed by atoms with Crippen molar-refractivity contribution in [1.29, 1.82) is 0 Å². The molecule has 0 unspecified atom stereocenters. The van der Waals surface area contributed by atoms with E-state index in [1.54, 1.807) is 6.92 Å². The lowest BCUT2D eigenvalue weighted by Gasteiger charge is -2.35. The van der Waals surface area contributed by atoms with Crippen molar-refractivity contribution in [3.8, 4) is 11.5 Å². The summed E-state index contributed by atoms with van der Waals surface area (Å²) in [6.07, 6.45) is 5.85. The zero-order chi connectivity index (χ0) is 20.4. The quantitative estimate of drug-likeness (QED) is 0.464. The summed E-state index contributed by atoms with van der Waals surface area (Å²) < 4.78 is 6.21. The van der Waals surface area contributed by atoms with Gasteiger partial charge in [0, 0.05) is 10.5 Å². The molecule has 7 nitrogen and oxygen atoms in total. The van der Waals surface area contributed by atoms with Crippen LogP contribution in [0.5, 0.6) is 11.5 Å². The molecule has 150 valence electrons. The summed E-state index contributed by atoms with van der Waals surface area (Å²) in [5.74, 6) is -1.21. The van der Waals surface area contributed by atoms with Crippen molar-refractivity contribution in [3.63, 3.8) is 0 Å². The molecule has 0 spiro atoms. The minimum Gasteiger partial charge on any atom is -0.503 e. The number of carbonyl (C=O) groups is 3. The van der Waals surface area contributed by atoms with Crippen LogP contribution in [0.15, 0.2) is 20.6 Å². The van der Waals surface area contributed by atoms with Gasteiger partial charge in [0.1, 0.15) is 5.57 Å². The molecular formula is C19H20Br2N2O5. The number of rotatable bonds is 4. The Labute approximate surface area is 179 Å². The first-order valence-corrected chi connectivity index (χ1v) is 10.7. The summed E-state index contributed by atoms with van der Waals surface area (Å²) in [6, 6.07) is 0.662. The fraction of sp³-hybridized carbons (Fsp3) is 0.421. The number of amides is 4. The van der Waals surface area contributed by atoms with Gasteiger partial charge in [-0.3, -0.25) is 19.8 Å². The van der Waals surface area contributed by atoms with E-state index in [0.29, 0.717) is 21.1 Å². The van der Waals surface area contributed by atoms with Crippen molar-refractivity contribution in [1.82, 2.24) is 10.2 Å². The molecule has 1 aliphatic heterocycles. The number of phenols is 1. The van der Waals surface area contributed by atoms with Gasteiger partial charge in [0.15, 0.2) is 11.5 Å². The maximum absolute atomic E-state index is 13.0. The van der Waals surface area contributed by atoms with Gasteiger partial charge < -0.3 is 9.84 Å². The van der Waals surface area contributed by atoms with Crippen molar-refractivity contribution in [2.24, 2.45) is 0 Å². The molecule has 1 saturated heterocycles. The number of halogens is 2. The molecule has 0 atom stereocenters. The van der Waals surface area contributed by atoms with Crippen LogP contribution in [-0.4, -0.2) is 40.5 Å². The minimum atomic E-state index is -0.740. The molecule has 28 heavy (non-hydrogen) atoms. The predicted octanol–water partition coefficient (Wildman–Crippen LogP) is 4.11.